The summed E-state index contributed by atoms with van der Waals surface area (Å²) in [6, 6.07) is 14.0. The third-order valence-electron chi connectivity index (χ3n) is 7.07. The van der Waals surface area contributed by atoms with Gasteiger partial charge in [0, 0.05) is 45.0 Å². The maximum Gasteiger partial charge on any atom is 0.148 e. The van der Waals surface area contributed by atoms with E-state index in [0.717, 1.165) is 75.6 Å². The predicted molar refractivity (Wildman–Crippen MR) is 126 cm³/mol. The smallest absolute Gasteiger partial charge is 0.148 e. The summed E-state index contributed by atoms with van der Waals surface area (Å²) in [7, 11) is 0. The van der Waals surface area contributed by atoms with Crippen LogP contribution in [-0.2, 0) is 11.3 Å². The highest BCUT2D eigenvalue weighted by Crippen LogP contribution is 2.51. The van der Waals surface area contributed by atoms with Crippen molar-refractivity contribution in [3.8, 4) is 5.75 Å². The highest BCUT2D eigenvalue weighted by atomic mass is 19.1. The largest absolute Gasteiger partial charge is 0.494 e. The number of benzene rings is 2. The van der Waals surface area contributed by atoms with E-state index in [-0.39, 0.29) is 5.82 Å². The third kappa shape index (κ3) is 4.86. The number of halogens is 1. The molecular formula is C26H34FN3O2. The van der Waals surface area contributed by atoms with E-state index in [0.29, 0.717) is 24.8 Å². The molecule has 2 aliphatic heterocycles. The molecule has 172 valence electrons. The molecule has 5 rings (SSSR count). The van der Waals surface area contributed by atoms with E-state index in [9.17, 15) is 4.39 Å². The molecule has 5 nitrogen and oxygen atoms in total. The Balaban J connectivity index is 1.08. The molecule has 0 bridgehead atoms. The Labute approximate surface area is 190 Å². The van der Waals surface area contributed by atoms with Gasteiger partial charge >= 0.3 is 0 Å². The topological polar surface area (TPSA) is 37.0 Å². The average molecular weight is 440 g/mol. The van der Waals surface area contributed by atoms with E-state index >= 15 is 0 Å². The fourth-order valence-corrected chi connectivity index (χ4v) is 5.29. The van der Waals surface area contributed by atoms with Crippen molar-refractivity contribution in [1.29, 1.82) is 0 Å². The summed E-state index contributed by atoms with van der Waals surface area (Å²) in [5, 5.41) is 3.48. The monoisotopic (exact) mass is 439 g/mol. The van der Waals surface area contributed by atoms with Crippen molar-refractivity contribution in [2.45, 2.75) is 19.9 Å². The number of anilines is 2. The van der Waals surface area contributed by atoms with Gasteiger partial charge in [-0.2, -0.15) is 0 Å². The Hall–Kier alpha value is -2.31. The van der Waals surface area contributed by atoms with Crippen LogP contribution in [0, 0.1) is 23.6 Å². The van der Waals surface area contributed by atoms with Crippen LogP contribution in [0.2, 0.25) is 0 Å². The number of ether oxygens (including phenoxy) is 2. The standard InChI is InChI=1S/C26H34FN3O2/c1-2-10-32-21-5-3-4-19(13-21)16-29-17-23-22(24(23)18-29)15-28-20-6-7-26(25(27)14-20)30-8-11-31-12-9-30/h3-7,13-14,22-24,28H,2,8-12,15-18H2,1H3. The Bertz CT molecular complexity index is 906. The van der Waals surface area contributed by atoms with Crippen LogP contribution in [0.3, 0.4) is 0 Å². The maximum atomic E-state index is 14.6. The first-order valence-corrected chi connectivity index (χ1v) is 12.0. The van der Waals surface area contributed by atoms with Gasteiger partial charge in [0.25, 0.3) is 0 Å². The molecule has 0 radical (unpaired) electrons. The average Bonchev–Trinajstić information content (AvgIpc) is 3.27. The van der Waals surface area contributed by atoms with E-state index in [1.807, 2.05) is 18.2 Å². The lowest BCUT2D eigenvalue weighted by Gasteiger charge is -2.29. The molecule has 6 heteroatoms. The van der Waals surface area contributed by atoms with Gasteiger partial charge in [-0.05, 0) is 60.1 Å². The van der Waals surface area contributed by atoms with E-state index in [1.54, 1.807) is 6.07 Å². The van der Waals surface area contributed by atoms with Crippen molar-refractivity contribution in [2.24, 2.45) is 17.8 Å². The van der Waals surface area contributed by atoms with Crippen LogP contribution in [0.5, 0.6) is 5.75 Å². The highest BCUT2D eigenvalue weighted by molar-refractivity contribution is 5.56. The minimum atomic E-state index is -0.149. The number of likely N-dealkylation sites (tertiary alicyclic amines) is 1. The summed E-state index contributed by atoms with van der Waals surface area (Å²) in [6.45, 7) is 9.96. The first-order valence-electron chi connectivity index (χ1n) is 12.0. The minimum absolute atomic E-state index is 0.149. The fourth-order valence-electron chi connectivity index (χ4n) is 5.29. The lowest BCUT2D eigenvalue weighted by molar-refractivity contribution is 0.122. The number of nitrogens with zero attached hydrogens (tertiary/aromatic N) is 2. The van der Waals surface area contributed by atoms with Gasteiger partial charge in [-0.3, -0.25) is 4.90 Å². The molecule has 32 heavy (non-hydrogen) atoms. The molecule has 1 N–H and O–H groups in total. The molecule has 3 fully saturated rings. The maximum absolute atomic E-state index is 14.6. The van der Waals surface area contributed by atoms with Crippen LogP contribution in [-0.4, -0.2) is 57.4 Å². The number of hydrogen-bond acceptors (Lipinski definition) is 5. The molecule has 1 saturated carbocycles. The first kappa shape index (κ1) is 21.5. The second kappa shape index (κ2) is 9.67. The van der Waals surface area contributed by atoms with Crippen LogP contribution in [0.4, 0.5) is 15.8 Å². The third-order valence-corrected chi connectivity index (χ3v) is 7.07. The van der Waals surface area contributed by atoms with Crippen molar-refractivity contribution < 1.29 is 13.9 Å². The molecular weight excluding hydrogens is 405 g/mol. The van der Waals surface area contributed by atoms with Crippen molar-refractivity contribution in [3.63, 3.8) is 0 Å². The van der Waals surface area contributed by atoms with Crippen LogP contribution >= 0.6 is 0 Å². The first-order chi connectivity index (χ1) is 15.7. The fraction of sp³-hybridized carbons (Fsp3) is 0.538. The number of nitrogens with one attached hydrogen (secondary N) is 1. The zero-order chi connectivity index (χ0) is 21.9. The van der Waals surface area contributed by atoms with E-state index < -0.39 is 0 Å². The molecule has 2 unspecified atom stereocenters. The highest BCUT2D eigenvalue weighted by Gasteiger charge is 2.54. The quantitative estimate of drug-likeness (QED) is 0.633. The van der Waals surface area contributed by atoms with Crippen molar-refractivity contribution in [2.75, 3.05) is 62.8 Å². The Kier molecular flexibility index (Phi) is 6.51. The van der Waals surface area contributed by atoms with Crippen LogP contribution in [0.1, 0.15) is 18.9 Å². The number of morpholine rings is 1. The van der Waals surface area contributed by atoms with E-state index in [4.69, 9.17) is 9.47 Å². The van der Waals surface area contributed by atoms with Gasteiger partial charge in [-0.25, -0.2) is 4.39 Å². The van der Waals surface area contributed by atoms with Crippen molar-refractivity contribution in [1.82, 2.24) is 4.90 Å². The number of piperidine rings is 1. The summed E-state index contributed by atoms with van der Waals surface area (Å²) in [5.74, 6) is 3.05. The van der Waals surface area contributed by atoms with Gasteiger partial charge in [0.2, 0.25) is 0 Å². The normalized spacial score (nSPS) is 24.9. The molecule has 3 aliphatic rings. The molecule has 2 heterocycles. The lowest BCUT2D eigenvalue weighted by Crippen LogP contribution is -2.36. The van der Waals surface area contributed by atoms with Crippen molar-refractivity contribution >= 4 is 11.4 Å². The molecule has 0 amide bonds. The summed E-state index contributed by atoms with van der Waals surface area (Å²) >= 11 is 0. The summed E-state index contributed by atoms with van der Waals surface area (Å²) in [6.07, 6.45) is 1.03. The molecule has 0 aromatic heterocycles. The van der Waals surface area contributed by atoms with Gasteiger partial charge in [-0.15, -0.1) is 0 Å². The zero-order valence-electron chi connectivity index (χ0n) is 18.9. The SMILES string of the molecule is CCCOc1cccc(CN2CC3C(CNc4ccc(N5CCOCC5)c(F)c4)C3C2)c1. The zero-order valence-corrected chi connectivity index (χ0v) is 18.9. The predicted octanol–water partition coefficient (Wildman–Crippen LogP) is 4.24. The van der Waals surface area contributed by atoms with E-state index in [1.165, 1.54) is 5.56 Å². The van der Waals surface area contributed by atoms with Crippen LogP contribution < -0.4 is 15.0 Å². The summed E-state index contributed by atoms with van der Waals surface area (Å²) in [5.41, 5.74) is 2.89. The van der Waals surface area contributed by atoms with Gasteiger partial charge in [0.1, 0.15) is 11.6 Å². The molecule has 2 aromatic rings. The van der Waals surface area contributed by atoms with Gasteiger partial charge in [0.05, 0.1) is 25.5 Å². The molecule has 1 aliphatic carbocycles. The minimum Gasteiger partial charge on any atom is -0.494 e. The van der Waals surface area contributed by atoms with Gasteiger partial charge in [-0.1, -0.05) is 19.1 Å². The van der Waals surface area contributed by atoms with Crippen LogP contribution in [0.25, 0.3) is 0 Å². The van der Waals surface area contributed by atoms with Gasteiger partial charge < -0.3 is 19.7 Å². The molecule has 2 atom stereocenters. The molecule has 2 saturated heterocycles. The summed E-state index contributed by atoms with van der Waals surface area (Å²) < 4.78 is 25.8. The number of hydrogen-bond donors (Lipinski definition) is 1. The molecule has 2 aromatic carbocycles. The number of fused-ring (bicyclic) bond motifs is 1. The van der Waals surface area contributed by atoms with Crippen molar-refractivity contribution in [3.05, 3.63) is 53.8 Å². The molecule has 0 spiro atoms. The Morgan fingerprint density at radius 1 is 1.09 bits per heavy atom. The Morgan fingerprint density at radius 2 is 1.91 bits per heavy atom. The lowest BCUT2D eigenvalue weighted by atomic mass is 10.2. The summed E-state index contributed by atoms with van der Waals surface area (Å²) in [4.78, 5) is 4.62. The Morgan fingerprint density at radius 3 is 2.66 bits per heavy atom. The van der Waals surface area contributed by atoms with E-state index in [2.05, 4.69) is 40.2 Å². The van der Waals surface area contributed by atoms with Gasteiger partial charge in [0.15, 0.2) is 0 Å². The van der Waals surface area contributed by atoms with Crippen LogP contribution in [0.15, 0.2) is 42.5 Å². The number of rotatable bonds is 9. The second-order valence-corrected chi connectivity index (χ2v) is 9.33. The second-order valence-electron chi connectivity index (χ2n) is 9.33.